The average Bonchev–Trinajstić information content (AvgIpc) is 3.33. The van der Waals surface area contributed by atoms with Gasteiger partial charge in [0.15, 0.2) is 0 Å². The van der Waals surface area contributed by atoms with Crippen LogP contribution in [0.5, 0.6) is 0 Å². The molecule has 0 unspecified atom stereocenters. The number of nitrogens with two attached hydrogens (primary N) is 1. The zero-order valence-electron chi connectivity index (χ0n) is 20.2. The maximum absolute atomic E-state index is 11.4. The van der Waals surface area contributed by atoms with Crippen molar-refractivity contribution in [1.82, 2.24) is 19.9 Å². The zero-order valence-corrected chi connectivity index (χ0v) is 20.2. The van der Waals surface area contributed by atoms with Crippen LogP contribution < -0.4 is 10.6 Å². The van der Waals surface area contributed by atoms with Gasteiger partial charge < -0.3 is 15.6 Å². The molecule has 0 bridgehead atoms. The molecule has 36 heavy (non-hydrogen) atoms. The van der Waals surface area contributed by atoms with E-state index in [4.69, 9.17) is 11.0 Å². The van der Waals surface area contributed by atoms with Gasteiger partial charge in [-0.2, -0.15) is 5.26 Å². The minimum absolute atomic E-state index is 0.445. The zero-order chi connectivity index (χ0) is 24.9. The number of nitrogens with zero attached hydrogens (tertiary/aromatic N) is 5. The second kappa shape index (κ2) is 10.6. The summed E-state index contributed by atoms with van der Waals surface area (Å²) in [6, 6.07) is 15.2. The van der Waals surface area contributed by atoms with Crippen LogP contribution in [0.1, 0.15) is 34.3 Å². The molecule has 0 spiro atoms. The van der Waals surface area contributed by atoms with Gasteiger partial charge in [0, 0.05) is 66.8 Å². The van der Waals surface area contributed by atoms with Crippen LogP contribution in [0.2, 0.25) is 0 Å². The maximum atomic E-state index is 11.4. The van der Waals surface area contributed by atoms with Gasteiger partial charge in [-0.1, -0.05) is 12.1 Å². The fraction of sp³-hybridized carbons (Fsp3) is 0.286. The Balaban J connectivity index is 1.09. The number of aromatic nitrogens is 3. The third-order valence-electron chi connectivity index (χ3n) is 6.84. The molecule has 3 heterocycles. The number of carbonyl (C=O) groups excluding carboxylic acids is 1. The van der Waals surface area contributed by atoms with E-state index in [0.717, 1.165) is 80.0 Å². The lowest BCUT2D eigenvalue weighted by atomic mass is 10.1. The smallest absolute Gasteiger partial charge is 0.248 e. The Kier molecular flexibility index (Phi) is 6.92. The van der Waals surface area contributed by atoms with Gasteiger partial charge in [0.05, 0.1) is 11.6 Å². The Labute approximate surface area is 210 Å². The van der Waals surface area contributed by atoms with E-state index in [0.29, 0.717) is 11.1 Å². The first-order chi connectivity index (χ1) is 17.6. The lowest BCUT2D eigenvalue weighted by Crippen LogP contribution is -2.47. The molecule has 1 fully saturated rings. The summed E-state index contributed by atoms with van der Waals surface area (Å²) < 4.78 is 0. The molecule has 8 nitrogen and oxygen atoms in total. The molecule has 0 saturated carbocycles. The number of aryl methyl sites for hydroxylation is 1. The standard InChI is InChI=1S/C28H29N7O/c29-16-20-7-8-26-25(14-20)23(17-31-26)4-1-2-9-34-10-12-35(13-11-34)28-32-18-24(19-33-28)21-5-3-6-22(15-21)27(30)36/h3,5-8,14-15,17-19,31H,1-2,4,9-13H2,(H2,30,36). The number of anilines is 1. The Morgan fingerprint density at radius 2 is 1.83 bits per heavy atom. The van der Waals surface area contributed by atoms with Crippen LogP contribution in [0.25, 0.3) is 22.0 Å². The summed E-state index contributed by atoms with van der Waals surface area (Å²) in [6.07, 6.45) is 8.95. The predicted molar refractivity (Wildman–Crippen MR) is 141 cm³/mol. The van der Waals surface area contributed by atoms with Crippen LogP contribution in [-0.4, -0.2) is 58.5 Å². The van der Waals surface area contributed by atoms with Crippen molar-refractivity contribution in [2.75, 3.05) is 37.6 Å². The number of primary amides is 1. The van der Waals surface area contributed by atoms with Crippen molar-refractivity contribution >= 4 is 22.8 Å². The van der Waals surface area contributed by atoms with E-state index in [9.17, 15) is 4.79 Å². The maximum Gasteiger partial charge on any atom is 0.248 e. The summed E-state index contributed by atoms with van der Waals surface area (Å²) in [5.74, 6) is 0.292. The number of nitriles is 1. The lowest BCUT2D eigenvalue weighted by Gasteiger charge is -2.34. The van der Waals surface area contributed by atoms with Crippen molar-refractivity contribution in [3.63, 3.8) is 0 Å². The number of benzene rings is 2. The highest BCUT2D eigenvalue weighted by molar-refractivity contribution is 5.94. The Morgan fingerprint density at radius 1 is 1.03 bits per heavy atom. The number of hydrogen-bond donors (Lipinski definition) is 2. The molecule has 8 heteroatoms. The molecule has 0 atom stereocenters. The van der Waals surface area contributed by atoms with E-state index in [2.05, 4.69) is 37.0 Å². The molecule has 1 aliphatic heterocycles. The van der Waals surface area contributed by atoms with E-state index in [1.165, 1.54) is 5.56 Å². The quantitative estimate of drug-likeness (QED) is 0.372. The van der Waals surface area contributed by atoms with E-state index in [-0.39, 0.29) is 0 Å². The number of nitrogens with one attached hydrogen (secondary N) is 1. The fourth-order valence-corrected chi connectivity index (χ4v) is 4.76. The van der Waals surface area contributed by atoms with Crippen molar-refractivity contribution in [2.24, 2.45) is 5.73 Å². The van der Waals surface area contributed by atoms with E-state index in [1.807, 2.05) is 30.3 Å². The second-order valence-corrected chi connectivity index (χ2v) is 9.19. The molecular formula is C28H29N7O. The highest BCUT2D eigenvalue weighted by atomic mass is 16.1. The summed E-state index contributed by atoms with van der Waals surface area (Å²) in [5, 5.41) is 10.3. The SMILES string of the molecule is N#Cc1ccc2[nH]cc(CCCCN3CCN(c4ncc(-c5cccc(C(N)=O)c5)cn4)CC3)c2c1. The van der Waals surface area contributed by atoms with Crippen LogP contribution in [0, 0.1) is 11.3 Å². The van der Waals surface area contributed by atoms with E-state index in [1.54, 1.807) is 24.5 Å². The first kappa shape index (κ1) is 23.5. The van der Waals surface area contributed by atoms with Crippen molar-refractivity contribution in [1.29, 1.82) is 5.26 Å². The molecule has 3 N–H and O–H groups in total. The predicted octanol–water partition coefficient (Wildman–Crippen LogP) is 3.74. The second-order valence-electron chi connectivity index (χ2n) is 9.19. The molecule has 4 aromatic rings. The van der Waals surface area contributed by atoms with Gasteiger partial charge in [-0.25, -0.2) is 9.97 Å². The van der Waals surface area contributed by atoms with Gasteiger partial charge in [-0.05, 0) is 67.3 Å². The van der Waals surface area contributed by atoms with Gasteiger partial charge >= 0.3 is 0 Å². The average molecular weight is 480 g/mol. The number of hydrogen-bond acceptors (Lipinski definition) is 6. The Bertz CT molecular complexity index is 1400. The van der Waals surface area contributed by atoms with Gasteiger partial charge in [0.25, 0.3) is 0 Å². The molecule has 1 aliphatic rings. The van der Waals surface area contributed by atoms with Crippen LogP contribution in [0.3, 0.4) is 0 Å². The highest BCUT2D eigenvalue weighted by Gasteiger charge is 2.19. The van der Waals surface area contributed by atoms with Crippen molar-refractivity contribution < 1.29 is 4.79 Å². The normalized spacial score (nSPS) is 14.1. The van der Waals surface area contributed by atoms with E-state index < -0.39 is 5.91 Å². The molecule has 5 rings (SSSR count). The minimum Gasteiger partial charge on any atom is -0.366 e. The number of aromatic amines is 1. The van der Waals surface area contributed by atoms with Crippen LogP contribution in [-0.2, 0) is 6.42 Å². The van der Waals surface area contributed by atoms with Crippen LogP contribution in [0.4, 0.5) is 5.95 Å². The van der Waals surface area contributed by atoms with E-state index >= 15 is 0 Å². The number of H-pyrrole nitrogens is 1. The summed E-state index contributed by atoms with van der Waals surface area (Å²) in [7, 11) is 0. The molecule has 2 aromatic carbocycles. The van der Waals surface area contributed by atoms with Crippen molar-refractivity contribution in [2.45, 2.75) is 19.3 Å². The van der Waals surface area contributed by atoms with Gasteiger partial charge in [0.2, 0.25) is 11.9 Å². The molecular weight excluding hydrogens is 450 g/mol. The summed E-state index contributed by atoms with van der Waals surface area (Å²) in [6.45, 7) is 4.86. The number of piperazine rings is 1. The fourth-order valence-electron chi connectivity index (χ4n) is 4.76. The molecule has 1 saturated heterocycles. The molecule has 0 aliphatic carbocycles. The third-order valence-corrected chi connectivity index (χ3v) is 6.84. The Hall–Kier alpha value is -4.22. The topological polar surface area (TPSA) is 115 Å². The van der Waals surface area contributed by atoms with Crippen molar-refractivity contribution in [3.8, 4) is 17.2 Å². The minimum atomic E-state index is -0.445. The lowest BCUT2D eigenvalue weighted by molar-refractivity contribution is 0.100. The molecule has 182 valence electrons. The molecule has 0 radical (unpaired) electrons. The van der Waals surface area contributed by atoms with Crippen LogP contribution in [0.15, 0.2) is 61.1 Å². The number of fused-ring (bicyclic) bond motifs is 1. The summed E-state index contributed by atoms with van der Waals surface area (Å²) in [4.78, 5) is 28.6. The molecule has 2 aromatic heterocycles. The Morgan fingerprint density at radius 3 is 2.58 bits per heavy atom. The molecule has 1 amide bonds. The summed E-state index contributed by atoms with van der Waals surface area (Å²) >= 11 is 0. The number of amides is 1. The largest absolute Gasteiger partial charge is 0.366 e. The number of rotatable bonds is 8. The van der Waals surface area contributed by atoms with Crippen LogP contribution >= 0.6 is 0 Å². The summed E-state index contributed by atoms with van der Waals surface area (Å²) in [5.41, 5.74) is 10.7. The van der Waals surface area contributed by atoms with Gasteiger partial charge in [-0.3, -0.25) is 9.69 Å². The first-order valence-corrected chi connectivity index (χ1v) is 12.3. The number of carbonyl (C=O) groups is 1. The number of unbranched alkanes of at least 4 members (excludes halogenated alkanes) is 1. The monoisotopic (exact) mass is 479 g/mol. The highest BCUT2D eigenvalue weighted by Crippen LogP contribution is 2.23. The first-order valence-electron chi connectivity index (χ1n) is 12.3. The van der Waals surface area contributed by atoms with Gasteiger partial charge in [0.1, 0.15) is 0 Å². The van der Waals surface area contributed by atoms with Gasteiger partial charge in [-0.15, -0.1) is 0 Å². The third kappa shape index (κ3) is 5.21. The van der Waals surface area contributed by atoms with Crippen molar-refractivity contribution in [3.05, 3.63) is 77.7 Å².